The molecule has 0 amide bonds. The molecule has 0 bridgehead atoms. The van der Waals surface area contributed by atoms with Gasteiger partial charge in [-0.3, -0.25) is 4.55 Å². The first kappa shape index (κ1) is 12.1. The average Bonchev–Trinajstić information content (AvgIpc) is 2.02. The molecule has 1 aromatic carbocycles. The highest BCUT2D eigenvalue weighted by Gasteiger charge is 2.22. The topological polar surface area (TPSA) is 46.5 Å². The van der Waals surface area contributed by atoms with E-state index in [4.69, 9.17) is 39.4 Å². The van der Waals surface area contributed by atoms with Crippen LogP contribution < -0.4 is 4.18 Å². The molecule has 0 saturated heterocycles. The molecule has 0 spiro atoms. The van der Waals surface area contributed by atoms with Gasteiger partial charge < -0.3 is 4.18 Å². The van der Waals surface area contributed by atoms with Gasteiger partial charge in [0.25, 0.3) is 0 Å². The van der Waals surface area contributed by atoms with E-state index >= 15 is 0 Å². The van der Waals surface area contributed by atoms with E-state index in [9.17, 15) is 4.21 Å². The molecule has 1 rings (SSSR count). The fourth-order valence-corrected chi connectivity index (χ4v) is 1.44. The lowest BCUT2D eigenvalue weighted by molar-refractivity contribution is 0.458. The summed E-state index contributed by atoms with van der Waals surface area (Å²) < 4.78 is 21.6. The van der Waals surface area contributed by atoms with Crippen molar-refractivity contribution in [3.8, 4) is 5.75 Å². The molecule has 7 heteroatoms. The first-order chi connectivity index (χ1) is 6.39. The van der Waals surface area contributed by atoms with Crippen molar-refractivity contribution in [2.45, 2.75) is 3.79 Å². The van der Waals surface area contributed by atoms with Crippen molar-refractivity contribution in [3.63, 3.8) is 0 Å². The van der Waals surface area contributed by atoms with Gasteiger partial charge >= 0.3 is 11.4 Å². The third-order valence-corrected chi connectivity index (χ3v) is 2.34. The first-order valence-corrected chi connectivity index (χ1v) is 5.52. The summed E-state index contributed by atoms with van der Waals surface area (Å²) in [6.07, 6.45) is 0. The quantitative estimate of drug-likeness (QED) is 0.666. The average molecular weight is 276 g/mol. The van der Waals surface area contributed by atoms with Crippen LogP contribution in [0, 0.1) is 0 Å². The minimum absolute atomic E-state index is 0.226. The SMILES string of the molecule is O=S(O)Oc1ccc(C(Cl)(Cl)Cl)cc1. The standard InChI is InChI=1S/C7H5Cl3O3S/c8-7(9,10)5-1-3-6(4-2-5)13-14(11)12/h1-4H,(H,11,12). The van der Waals surface area contributed by atoms with Gasteiger partial charge in [-0.05, 0) is 12.1 Å². The molecule has 1 aromatic rings. The van der Waals surface area contributed by atoms with Gasteiger partial charge in [0.2, 0.25) is 3.79 Å². The van der Waals surface area contributed by atoms with Crippen molar-refractivity contribution >= 4 is 46.2 Å². The fourth-order valence-electron chi connectivity index (χ4n) is 0.782. The molecule has 0 aliphatic carbocycles. The van der Waals surface area contributed by atoms with E-state index < -0.39 is 15.2 Å². The molecule has 14 heavy (non-hydrogen) atoms. The van der Waals surface area contributed by atoms with Crippen molar-refractivity contribution in [3.05, 3.63) is 29.8 Å². The maximum atomic E-state index is 10.3. The zero-order valence-corrected chi connectivity index (χ0v) is 9.70. The summed E-state index contributed by atoms with van der Waals surface area (Å²) in [5.74, 6) is 0.226. The van der Waals surface area contributed by atoms with Gasteiger partial charge in [0.05, 0.1) is 0 Å². The Balaban J connectivity index is 2.84. The second-order valence-electron chi connectivity index (χ2n) is 2.32. The predicted molar refractivity (Wildman–Crippen MR) is 57.1 cm³/mol. The minimum atomic E-state index is -2.34. The Morgan fingerprint density at radius 3 is 2.07 bits per heavy atom. The number of hydrogen-bond acceptors (Lipinski definition) is 2. The van der Waals surface area contributed by atoms with Crippen molar-refractivity contribution in [1.29, 1.82) is 0 Å². The lowest BCUT2D eigenvalue weighted by Gasteiger charge is -2.10. The zero-order chi connectivity index (χ0) is 10.8. The maximum absolute atomic E-state index is 10.3. The van der Waals surface area contributed by atoms with Crippen LogP contribution in [0.1, 0.15) is 5.56 Å². The van der Waals surface area contributed by atoms with Crippen LogP contribution in [0.2, 0.25) is 0 Å². The van der Waals surface area contributed by atoms with E-state index in [1.54, 1.807) is 0 Å². The molecular weight excluding hydrogens is 270 g/mol. The Morgan fingerprint density at radius 1 is 1.21 bits per heavy atom. The summed E-state index contributed by atoms with van der Waals surface area (Å²) in [6.45, 7) is 0. The molecular formula is C7H5Cl3O3S. The molecule has 0 aliphatic rings. The first-order valence-electron chi connectivity index (χ1n) is 3.36. The van der Waals surface area contributed by atoms with E-state index in [0.29, 0.717) is 5.56 Å². The molecule has 0 aromatic heterocycles. The predicted octanol–water partition coefficient (Wildman–Crippen LogP) is 3.03. The summed E-state index contributed by atoms with van der Waals surface area (Å²) in [7, 11) is 0. The Bertz CT molecular complexity index is 333. The second kappa shape index (κ2) is 4.68. The van der Waals surface area contributed by atoms with E-state index in [0.717, 1.165) is 0 Å². The number of benzene rings is 1. The maximum Gasteiger partial charge on any atom is 0.357 e. The summed E-state index contributed by atoms with van der Waals surface area (Å²) in [5.41, 5.74) is 0.457. The van der Waals surface area contributed by atoms with Crippen LogP contribution in [-0.2, 0) is 15.2 Å². The van der Waals surface area contributed by atoms with Crippen molar-refractivity contribution in [2.75, 3.05) is 0 Å². The van der Waals surface area contributed by atoms with Gasteiger partial charge in [-0.25, -0.2) is 0 Å². The molecule has 78 valence electrons. The molecule has 0 heterocycles. The number of hydrogen-bond donors (Lipinski definition) is 1. The third kappa shape index (κ3) is 3.63. The molecule has 1 unspecified atom stereocenters. The van der Waals surface area contributed by atoms with Crippen LogP contribution in [0.4, 0.5) is 0 Å². The van der Waals surface area contributed by atoms with Crippen LogP contribution in [-0.4, -0.2) is 8.76 Å². The monoisotopic (exact) mass is 274 g/mol. The Hall–Kier alpha value is -0.000000000000000167. The van der Waals surface area contributed by atoms with E-state index in [2.05, 4.69) is 4.18 Å². The van der Waals surface area contributed by atoms with Gasteiger partial charge in [0.15, 0.2) is 0 Å². The summed E-state index contributed by atoms with van der Waals surface area (Å²) in [4.78, 5) is 0. The minimum Gasteiger partial charge on any atom is -0.380 e. The lowest BCUT2D eigenvalue weighted by atomic mass is 10.2. The number of halogens is 3. The highest BCUT2D eigenvalue weighted by molar-refractivity contribution is 7.74. The summed E-state index contributed by atoms with van der Waals surface area (Å²) >= 11 is 14.4. The number of rotatable bonds is 2. The van der Waals surface area contributed by atoms with E-state index in [-0.39, 0.29) is 5.75 Å². The second-order valence-corrected chi connectivity index (χ2v) is 5.20. The summed E-state index contributed by atoms with van der Waals surface area (Å²) in [6, 6.07) is 5.86. The van der Waals surface area contributed by atoms with Gasteiger partial charge in [-0.15, -0.1) is 0 Å². The Kier molecular flexibility index (Phi) is 4.04. The smallest absolute Gasteiger partial charge is 0.357 e. The van der Waals surface area contributed by atoms with Gasteiger partial charge in [-0.2, -0.15) is 4.21 Å². The van der Waals surface area contributed by atoms with Crippen LogP contribution in [0.25, 0.3) is 0 Å². The Labute approximate surface area is 98.4 Å². The molecule has 3 nitrogen and oxygen atoms in total. The highest BCUT2D eigenvalue weighted by atomic mass is 35.6. The largest absolute Gasteiger partial charge is 0.380 e. The molecule has 0 saturated carbocycles. The molecule has 0 radical (unpaired) electrons. The number of alkyl halides is 3. The van der Waals surface area contributed by atoms with Crippen LogP contribution in [0.3, 0.4) is 0 Å². The van der Waals surface area contributed by atoms with Crippen LogP contribution in [0.15, 0.2) is 24.3 Å². The normalized spacial score (nSPS) is 13.7. The Morgan fingerprint density at radius 2 is 1.71 bits per heavy atom. The van der Waals surface area contributed by atoms with Crippen molar-refractivity contribution in [2.24, 2.45) is 0 Å². The summed E-state index contributed by atoms with van der Waals surface area (Å²) in [5, 5.41) is 0. The zero-order valence-electron chi connectivity index (χ0n) is 6.62. The fraction of sp³-hybridized carbons (Fsp3) is 0.143. The van der Waals surface area contributed by atoms with Gasteiger partial charge in [-0.1, -0.05) is 46.9 Å². The van der Waals surface area contributed by atoms with Gasteiger partial charge in [0.1, 0.15) is 5.75 Å². The van der Waals surface area contributed by atoms with Crippen LogP contribution in [0.5, 0.6) is 5.75 Å². The highest BCUT2D eigenvalue weighted by Crippen LogP contribution is 2.38. The molecule has 0 aliphatic heterocycles. The van der Waals surface area contributed by atoms with Gasteiger partial charge in [0, 0.05) is 5.56 Å². The van der Waals surface area contributed by atoms with Crippen LogP contribution >= 0.6 is 34.8 Å². The van der Waals surface area contributed by atoms with E-state index in [1.807, 2.05) is 0 Å². The lowest BCUT2D eigenvalue weighted by Crippen LogP contribution is -2.01. The van der Waals surface area contributed by atoms with Crippen molar-refractivity contribution < 1.29 is 12.9 Å². The van der Waals surface area contributed by atoms with E-state index in [1.165, 1.54) is 24.3 Å². The third-order valence-electron chi connectivity index (χ3n) is 1.35. The molecule has 0 fully saturated rings. The molecule has 1 atom stereocenters. The van der Waals surface area contributed by atoms with Crippen molar-refractivity contribution in [1.82, 2.24) is 0 Å². The molecule has 1 N–H and O–H groups in total.